The topological polar surface area (TPSA) is 128 Å². The average molecular weight is 501 g/mol. The van der Waals surface area contributed by atoms with Gasteiger partial charge in [0.05, 0.1) is 28.0 Å². The Morgan fingerprint density at radius 3 is 2.53 bits per heavy atom. The number of hydrogen-bond donors (Lipinski definition) is 3. The number of anilines is 1. The molecular formula is C25H30F2N6O3. The lowest BCUT2D eigenvalue weighted by Gasteiger charge is -2.26. The van der Waals surface area contributed by atoms with Crippen LogP contribution in [0.15, 0.2) is 35.6 Å². The van der Waals surface area contributed by atoms with Crippen molar-refractivity contribution in [3.05, 3.63) is 47.3 Å². The molecule has 0 saturated heterocycles. The molecule has 2 heterocycles. The van der Waals surface area contributed by atoms with Gasteiger partial charge in [-0.2, -0.15) is 13.9 Å². The Hall–Kier alpha value is -3.76. The summed E-state index contributed by atoms with van der Waals surface area (Å²) in [6, 6.07) is 6.56. The minimum absolute atomic E-state index is 0.0443. The number of rotatable bonds is 9. The number of pyridine rings is 1. The van der Waals surface area contributed by atoms with E-state index in [9.17, 15) is 13.6 Å². The second-order valence-electron chi connectivity index (χ2n) is 8.80. The van der Waals surface area contributed by atoms with Crippen molar-refractivity contribution in [2.24, 2.45) is 10.9 Å². The first-order valence-electron chi connectivity index (χ1n) is 12.1. The minimum atomic E-state index is -2.89. The molecule has 0 radical (unpaired) electrons. The molecule has 1 amide bonds. The predicted octanol–water partition coefficient (Wildman–Crippen LogP) is 4.88. The van der Waals surface area contributed by atoms with E-state index in [2.05, 4.69) is 20.2 Å². The highest BCUT2D eigenvalue weighted by Crippen LogP contribution is 2.38. The van der Waals surface area contributed by atoms with Crippen LogP contribution in [0.5, 0.6) is 5.75 Å². The first-order valence-corrected chi connectivity index (χ1v) is 12.1. The van der Waals surface area contributed by atoms with Crippen molar-refractivity contribution in [2.75, 3.05) is 5.32 Å². The summed E-state index contributed by atoms with van der Waals surface area (Å²) in [4.78, 5) is 16.9. The lowest BCUT2D eigenvalue weighted by molar-refractivity contribution is -0.0498. The van der Waals surface area contributed by atoms with E-state index in [0.717, 1.165) is 35.2 Å². The Labute approximate surface area is 207 Å². The van der Waals surface area contributed by atoms with E-state index in [1.165, 1.54) is 18.3 Å². The van der Waals surface area contributed by atoms with Crippen LogP contribution in [0.1, 0.15) is 73.5 Å². The number of nitrogens with two attached hydrogens (primary N) is 1. The maximum Gasteiger partial charge on any atom is 0.387 e. The Bertz CT molecular complexity index is 1250. The van der Waals surface area contributed by atoms with Gasteiger partial charge in [0.2, 0.25) is 0 Å². The molecule has 1 unspecified atom stereocenters. The van der Waals surface area contributed by atoms with Gasteiger partial charge >= 0.3 is 6.61 Å². The third kappa shape index (κ3) is 5.09. The summed E-state index contributed by atoms with van der Waals surface area (Å²) in [6.07, 6.45) is 4.93. The second-order valence-corrected chi connectivity index (χ2v) is 8.80. The van der Waals surface area contributed by atoms with Crippen LogP contribution in [0.4, 0.5) is 14.5 Å². The van der Waals surface area contributed by atoms with Crippen LogP contribution in [0, 0.1) is 0 Å². The molecule has 2 aromatic heterocycles. The highest BCUT2D eigenvalue weighted by Gasteiger charge is 2.28. The largest absolute Gasteiger partial charge is 0.435 e. The number of benzene rings is 1. The summed E-state index contributed by atoms with van der Waals surface area (Å²) in [7, 11) is 0. The molecular weight excluding hydrogens is 470 g/mol. The summed E-state index contributed by atoms with van der Waals surface area (Å²) in [5.41, 5.74) is 9.60. The maximum atomic E-state index is 12.6. The number of carbonyl (C=O) groups excluding carboxylic acids is 1. The van der Waals surface area contributed by atoms with Gasteiger partial charge < -0.3 is 21.0 Å². The molecule has 1 saturated carbocycles. The highest BCUT2D eigenvalue weighted by atomic mass is 19.3. The zero-order valence-electron chi connectivity index (χ0n) is 20.2. The number of fused-ring (bicyclic) bond motifs is 1. The summed E-state index contributed by atoms with van der Waals surface area (Å²) in [6.45, 7) is 1.64. The lowest BCUT2D eigenvalue weighted by Crippen LogP contribution is -2.28. The van der Waals surface area contributed by atoms with Crippen LogP contribution in [-0.2, 0) is 6.54 Å². The number of halogens is 2. The Morgan fingerprint density at radius 1 is 1.28 bits per heavy atom. The van der Waals surface area contributed by atoms with Gasteiger partial charge in [0.15, 0.2) is 5.65 Å². The summed E-state index contributed by atoms with van der Waals surface area (Å²) >= 11 is 0. The summed E-state index contributed by atoms with van der Waals surface area (Å²) in [5, 5.41) is 21.5. The number of alkyl halides is 2. The Morgan fingerprint density at radius 2 is 1.97 bits per heavy atom. The third-order valence-electron chi connectivity index (χ3n) is 6.65. The van der Waals surface area contributed by atoms with E-state index in [0.29, 0.717) is 37.1 Å². The standard InChI is InChI=1S/C25H30F2N6O3/c1-3-18(14-5-11-17(12-6-14)36-25(26)27)22-20-21(30-15-7-9-16(32-35)10-8-15)19(23(28)34)13-29-24(20)33(4-2)31-22/h5-6,11-13,15,18,25,35H,3-4,7-10H2,1-2H3,(H2,28,34)(H,29,30). The molecule has 4 N–H and O–H groups in total. The van der Waals surface area contributed by atoms with E-state index >= 15 is 0 Å². The van der Waals surface area contributed by atoms with Crippen LogP contribution in [0.3, 0.4) is 0 Å². The second kappa shape index (κ2) is 10.9. The number of hydrogen-bond acceptors (Lipinski definition) is 7. The predicted molar refractivity (Wildman–Crippen MR) is 132 cm³/mol. The van der Waals surface area contributed by atoms with Crippen LogP contribution in [-0.4, -0.2) is 44.2 Å². The van der Waals surface area contributed by atoms with Crippen LogP contribution >= 0.6 is 0 Å². The van der Waals surface area contributed by atoms with E-state index in [1.54, 1.807) is 16.8 Å². The number of nitrogens with one attached hydrogen (secondary N) is 1. The lowest BCUT2D eigenvalue weighted by atomic mass is 9.90. The van der Waals surface area contributed by atoms with E-state index in [1.807, 2.05) is 13.8 Å². The summed E-state index contributed by atoms with van der Waals surface area (Å²) < 4.78 is 31.5. The van der Waals surface area contributed by atoms with Crippen molar-refractivity contribution in [1.29, 1.82) is 0 Å². The number of aromatic nitrogens is 3. The molecule has 1 aromatic carbocycles. The van der Waals surface area contributed by atoms with Crippen molar-refractivity contribution in [1.82, 2.24) is 14.8 Å². The number of ether oxygens (including phenoxy) is 1. The Kier molecular flexibility index (Phi) is 7.66. The molecule has 1 atom stereocenters. The molecule has 1 aliphatic carbocycles. The van der Waals surface area contributed by atoms with Crippen LogP contribution in [0.2, 0.25) is 0 Å². The van der Waals surface area contributed by atoms with Crippen LogP contribution in [0.25, 0.3) is 11.0 Å². The van der Waals surface area contributed by atoms with Gasteiger partial charge in [0.1, 0.15) is 5.75 Å². The number of aryl methyl sites for hydroxylation is 1. The maximum absolute atomic E-state index is 12.6. The van der Waals surface area contributed by atoms with Gasteiger partial charge in [-0.1, -0.05) is 24.2 Å². The van der Waals surface area contributed by atoms with E-state index < -0.39 is 12.5 Å². The first kappa shape index (κ1) is 25.3. The molecule has 9 nitrogen and oxygen atoms in total. The van der Waals surface area contributed by atoms with Gasteiger partial charge in [0.25, 0.3) is 5.91 Å². The molecule has 4 rings (SSSR count). The number of amides is 1. The fourth-order valence-corrected chi connectivity index (χ4v) is 4.84. The number of oxime groups is 1. The van der Waals surface area contributed by atoms with Crippen molar-refractivity contribution >= 4 is 28.3 Å². The molecule has 36 heavy (non-hydrogen) atoms. The molecule has 0 bridgehead atoms. The monoisotopic (exact) mass is 500 g/mol. The van der Waals surface area contributed by atoms with Crippen molar-refractivity contribution < 1.29 is 23.5 Å². The highest BCUT2D eigenvalue weighted by molar-refractivity contribution is 6.07. The molecule has 11 heteroatoms. The SMILES string of the molecule is CCC(c1ccc(OC(F)F)cc1)c1nn(CC)c2ncc(C(N)=O)c(NC3CCC(=NO)CC3)c12. The molecule has 1 fully saturated rings. The van der Waals surface area contributed by atoms with Gasteiger partial charge in [-0.3, -0.25) is 4.79 Å². The number of primary amides is 1. The molecule has 0 aliphatic heterocycles. The number of nitrogens with zero attached hydrogens (tertiary/aromatic N) is 4. The summed E-state index contributed by atoms with van der Waals surface area (Å²) in [5.74, 6) is -0.710. The van der Waals surface area contributed by atoms with E-state index in [4.69, 9.17) is 16.0 Å². The van der Waals surface area contributed by atoms with Crippen molar-refractivity contribution in [3.63, 3.8) is 0 Å². The van der Waals surface area contributed by atoms with Gasteiger partial charge in [-0.15, -0.1) is 0 Å². The third-order valence-corrected chi connectivity index (χ3v) is 6.65. The van der Waals surface area contributed by atoms with Gasteiger partial charge in [-0.05, 0) is 56.7 Å². The average Bonchev–Trinajstić information content (AvgIpc) is 3.24. The Balaban J connectivity index is 1.82. The van der Waals surface area contributed by atoms with Gasteiger partial charge in [0, 0.05) is 24.7 Å². The zero-order valence-corrected chi connectivity index (χ0v) is 20.2. The zero-order chi connectivity index (χ0) is 25.8. The van der Waals surface area contributed by atoms with Crippen molar-refractivity contribution in [2.45, 2.75) is 71.1 Å². The van der Waals surface area contributed by atoms with Crippen molar-refractivity contribution in [3.8, 4) is 5.75 Å². The fourth-order valence-electron chi connectivity index (χ4n) is 4.84. The quantitative estimate of drug-likeness (QED) is 0.284. The van der Waals surface area contributed by atoms with E-state index in [-0.39, 0.29) is 23.3 Å². The number of carbonyl (C=O) groups is 1. The van der Waals surface area contributed by atoms with Gasteiger partial charge in [-0.25, -0.2) is 9.67 Å². The molecule has 0 spiro atoms. The first-order chi connectivity index (χ1) is 17.4. The fraction of sp³-hybridized carbons (Fsp3) is 0.440. The molecule has 1 aliphatic rings. The van der Waals surface area contributed by atoms with Crippen LogP contribution < -0.4 is 15.8 Å². The smallest absolute Gasteiger partial charge is 0.387 e. The molecule has 3 aromatic rings. The minimum Gasteiger partial charge on any atom is -0.435 e. The normalized spacial score (nSPS) is 16.8. The molecule has 192 valence electrons.